The normalized spacial score (nSPS) is 17.2. The van der Waals surface area contributed by atoms with Crippen LogP contribution in [0.25, 0.3) is 0 Å². The molecule has 1 heterocycles. The molecule has 1 amide bonds. The lowest BCUT2D eigenvalue weighted by Crippen LogP contribution is -2.43. The molecule has 1 atom stereocenters. The second kappa shape index (κ2) is 8.41. The van der Waals surface area contributed by atoms with Crippen molar-refractivity contribution in [2.75, 3.05) is 13.1 Å². The van der Waals surface area contributed by atoms with Crippen LogP contribution in [0.15, 0.2) is 53.4 Å². The van der Waals surface area contributed by atoms with Crippen LogP contribution in [0.2, 0.25) is 0 Å². The summed E-state index contributed by atoms with van der Waals surface area (Å²) < 4.78 is 39.8. The van der Waals surface area contributed by atoms with Crippen molar-refractivity contribution in [1.82, 2.24) is 9.62 Å². The van der Waals surface area contributed by atoms with Crippen molar-refractivity contribution in [3.05, 3.63) is 65.5 Å². The van der Waals surface area contributed by atoms with Gasteiger partial charge >= 0.3 is 0 Å². The van der Waals surface area contributed by atoms with Crippen molar-refractivity contribution < 1.29 is 17.6 Å². The van der Waals surface area contributed by atoms with E-state index in [0.717, 1.165) is 23.3 Å². The van der Waals surface area contributed by atoms with Crippen molar-refractivity contribution in [2.24, 2.45) is 5.92 Å². The SMILES string of the molecule is Cc1ccccc1[C@H](C)NC(=O)C1CCN(S(=O)(=O)c2ccc(F)cc2)CC1. The largest absolute Gasteiger partial charge is 0.349 e. The van der Waals surface area contributed by atoms with E-state index in [4.69, 9.17) is 0 Å². The summed E-state index contributed by atoms with van der Waals surface area (Å²) in [6.45, 7) is 4.51. The van der Waals surface area contributed by atoms with Crippen molar-refractivity contribution in [3.63, 3.8) is 0 Å². The zero-order valence-corrected chi connectivity index (χ0v) is 16.9. The highest BCUT2D eigenvalue weighted by molar-refractivity contribution is 7.89. The molecule has 0 aromatic heterocycles. The molecule has 3 rings (SSSR count). The summed E-state index contributed by atoms with van der Waals surface area (Å²) >= 11 is 0. The number of carbonyl (C=O) groups is 1. The van der Waals surface area contributed by atoms with Crippen molar-refractivity contribution in [2.45, 2.75) is 37.6 Å². The Balaban J connectivity index is 1.59. The molecule has 1 saturated heterocycles. The van der Waals surface area contributed by atoms with Gasteiger partial charge in [0.1, 0.15) is 5.82 Å². The molecule has 0 spiro atoms. The number of nitrogens with zero attached hydrogens (tertiary/aromatic N) is 1. The van der Waals surface area contributed by atoms with E-state index in [0.29, 0.717) is 12.8 Å². The molecule has 28 heavy (non-hydrogen) atoms. The highest BCUT2D eigenvalue weighted by atomic mass is 32.2. The molecule has 1 N–H and O–H groups in total. The number of piperidine rings is 1. The molecule has 2 aromatic carbocycles. The first-order chi connectivity index (χ1) is 13.3. The first-order valence-electron chi connectivity index (χ1n) is 9.40. The summed E-state index contributed by atoms with van der Waals surface area (Å²) in [6.07, 6.45) is 0.930. The van der Waals surface area contributed by atoms with E-state index >= 15 is 0 Å². The molecule has 150 valence electrons. The summed E-state index contributed by atoms with van der Waals surface area (Å²) in [5.74, 6) is -0.738. The number of aryl methyl sites for hydroxylation is 1. The zero-order chi connectivity index (χ0) is 20.3. The Hall–Kier alpha value is -2.25. The van der Waals surface area contributed by atoms with Crippen LogP contribution >= 0.6 is 0 Å². The molecule has 0 aliphatic carbocycles. The Bertz CT molecular complexity index is 936. The number of halogens is 1. The molecular weight excluding hydrogens is 379 g/mol. The topological polar surface area (TPSA) is 66.5 Å². The third-order valence-corrected chi connectivity index (χ3v) is 7.20. The molecule has 5 nitrogen and oxygen atoms in total. The Labute approximate surface area is 165 Å². The second-order valence-corrected chi connectivity index (χ2v) is 9.16. The van der Waals surface area contributed by atoms with Crippen LogP contribution in [0.5, 0.6) is 0 Å². The molecule has 7 heteroatoms. The number of sulfonamides is 1. The standard InChI is InChI=1S/C21H25FN2O3S/c1-15-5-3-4-6-20(15)16(2)23-21(25)17-11-13-24(14-12-17)28(26,27)19-9-7-18(22)8-10-19/h3-10,16-17H,11-14H2,1-2H3,(H,23,25)/t16-/m0/s1. The van der Waals surface area contributed by atoms with Crippen LogP contribution in [-0.4, -0.2) is 31.7 Å². The van der Waals surface area contributed by atoms with Gasteiger partial charge in [-0.05, 0) is 62.1 Å². The fourth-order valence-corrected chi connectivity index (χ4v) is 5.07. The molecule has 1 aliphatic rings. The molecule has 1 aliphatic heterocycles. The molecular formula is C21H25FN2O3S. The highest BCUT2D eigenvalue weighted by Crippen LogP contribution is 2.25. The monoisotopic (exact) mass is 404 g/mol. The average molecular weight is 405 g/mol. The maximum atomic E-state index is 13.1. The third kappa shape index (κ3) is 4.42. The van der Waals surface area contributed by atoms with Gasteiger partial charge in [0.2, 0.25) is 15.9 Å². The summed E-state index contributed by atoms with van der Waals surface area (Å²) in [5.41, 5.74) is 2.20. The average Bonchev–Trinajstić information content (AvgIpc) is 2.68. The molecule has 0 saturated carbocycles. The fraction of sp³-hybridized carbons (Fsp3) is 0.381. The van der Waals surface area contributed by atoms with E-state index in [2.05, 4.69) is 5.32 Å². The number of nitrogens with one attached hydrogen (secondary N) is 1. The number of benzene rings is 2. The number of rotatable bonds is 5. The summed E-state index contributed by atoms with van der Waals surface area (Å²) in [6, 6.07) is 12.6. The van der Waals surface area contributed by atoms with Gasteiger partial charge < -0.3 is 5.32 Å². The van der Waals surface area contributed by atoms with Crippen LogP contribution in [-0.2, 0) is 14.8 Å². The van der Waals surface area contributed by atoms with Crippen LogP contribution in [0, 0.1) is 18.7 Å². The van der Waals surface area contributed by atoms with Crippen molar-refractivity contribution in [3.8, 4) is 0 Å². The Kier molecular flexibility index (Phi) is 6.15. The Morgan fingerprint density at radius 3 is 2.32 bits per heavy atom. The molecule has 0 radical (unpaired) electrons. The van der Waals surface area contributed by atoms with Gasteiger partial charge in [-0.15, -0.1) is 0 Å². The minimum atomic E-state index is -3.66. The number of amides is 1. The van der Waals surface area contributed by atoms with E-state index < -0.39 is 15.8 Å². The van der Waals surface area contributed by atoms with Gasteiger partial charge in [0.15, 0.2) is 0 Å². The maximum absolute atomic E-state index is 13.1. The van der Waals surface area contributed by atoms with Crippen molar-refractivity contribution >= 4 is 15.9 Å². The minimum Gasteiger partial charge on any atom is -0.349 e. The van der Waals surface area contributed by atoms with E-state index in [1.807, 2.05) is 38.1 Å². The van der Waals surface area contributed by atoms with E-state index in [-0.39, 0.29) is 35.9 Å². The fourth-order valence-electron chi connectivity index (χ4n) is 3.60. The predicted molar refractivity (Wildman–Crippen MR) is 106 cm³/mol. The quantitative estimate of drug-likeness (QED) is 0.830. The Morgan fingerprint density at radius 2 is 1.71 bits per heavy atom. The van der Waals surface area contributed by atoms with Crippen molar-refractivity contribution in [1.29, 1.82) is 0 Å². The highest BCUT2D eigenvalue weighted by Gasteiger charge is 2.32. The summed E-state index contributed by atoms with van der Waals surface area (Å²) in [7, 11) is -3.66. The maximum Gasteiger partial charge on any atom is 0.243 e. The van der Waals surface area contributed by atoms with E-state index in [1.54, 1.807) is 0 Å². The lowest BCUT2D eigenvalue weighted by molar-refractivity contribution is -0.126. The predicted octanol–water partition coefficient (Wildman–Crippen LogP) is 3.41. The van der Waals surface area contributed by atoms with Gasteiger partial charge in [-0.3, -0.25) is 4.79 Å². The molecule has 2 aromatic rings. The first kappa shape index (κ1) is 20.5. The number of hydrogen-bond donors (Lipinski definition) is 1. The van der Waals surface area contributed by atoms with Gasteiger partial charge in [-0.1, -0.05) is 24.3 Å². The van der Waals surface area contributed by atoms with Crippen LogP contribution in [0.1, 0.15) is 36.9 Å². The smallest absolute Gasteiger partial charge is 0.243 e. The van der Waals surface area contributed by atoms with Gasteiger partial charge in [-0.2, -0.15) is 4.31 Å². The molecule has 1 fully saturated rings. The number of hydrogen-bond acceptors (Lipinski definition) is 3. The minimum absolute atomic E-state index is 0.0467. The molecule has 0 unspecified atom stereocenters. The summed E-state index contributed by atoms with van der Waals surface area (Å²) in [4.78, 5) is 12.7. The third-order valence-electron chi connectivity index (χ3n) is 5.29. The van der Waals surface area contributed by atoms with Crippen LogP contribution in [0.4, 0.5) is 4.39 Å². The van der Waals surface area contributed by atoms with Gasteiger partial charge in [0.25, 0.3) is 0 Å². The first-order valence-corrected chi connectivity index (χ1v) is 10.8. The van der Waals surface area contributed by atoms with E-state index in [9.17, 15) is 17.6 Å². The van der Waals surface area contributed by atoms with Crippen LogP contribution < -0.4 is 5.32 Å². The second-order valence-electron chi connectivity index (χ2n) is 7.22. The lowest BCUT2D eigenvalue weighted by Gasteiger charge is -2.31. The zero-order valence-electron chi connectivity index (χ0n) is 16.1. The lowest BCUT2D eigenvalue weighted by atomic mass is 9.96. The Morgan fingerprint density at radius 1 is 1.11 bits per heavy atom. The van der Waals surface area contributed by atoms with E-state index in [1.165, 1.54) is 16.4 Å². The van der Waals surface area contributed by atoms with Gasteiger partial charge in [-0.25, -0.2) is 12.8 Å². The molecule has 0 bridgehead atoms. The summed E-state index contributed by atoms with van der Waals surface area (Å²) in [5, 5.41) is 3.05. The van der Waals surface area contributed by atoms with Gasteiger partial charge in [0, 0.05) is 19.0 Å². The number of carbonyl (C=O) groups excluding carboxylic acids is 1. The van der Waals surface area contributed by atoms with Gasteiger partial charge in [0.05, 0.1) is 10.9 Å². The van der Waals surface area contributed by atoms with Crippen LogP contribution in [0.3, 0.4) is 0 Å².